The van der Waals surface area contributed by atoms with Crippen LogP contribution in [-0.4, -0.2) is 38.1 Å². The fraction of sp³-hybridized carbons (Fsp3) is 1.00. The standard InChI is InChI=1S/C9H20N2O2S/c1-11(14(2,12)13)9(8-10)6-4-3-5-7-9/h3-8,10H2,1-2H3. The molecule has 0 bridgehead atoms. The molecule has 0 aliphatic heterocycles. The van der Waals surface area contributed by atoms with Crippen LogP contribution in [0.15, 0.2) is 0 Å². The quantitative estimate of drug-likeness (QED) is 0.755. The second-order valence-corrected chi connectivity index (χ2v) is 6.23. The molecule has 1 aliphatic carbocycles. The molecule has 4 nitrogen and oxygen atoms in total. The van der Waals surface area contributed by atoms with E-state index in [9.17, 15) is 8.42 Å². The van der Waals surface area contributed by atoms with Crippen LogP contribution in [0.3, 0.4) is 0 Å². The maximum atomic E-state index is 11.5. The summed E-state index contributed by atoms with van der Waals surface area (Å²) in [5, 5.41) is 0. The van der Waals surface area contributed by atoms with Gasteiger partial charge in [0.25, 0.3) is 0 Å². The van der Waals surface area contributed by atoms with Gasteiger partial charge in [-0.05, 0) is 12.8 Å². The van der Waals surface area contributed by atoms with Crippen LogP contribution in [0.25, 0.3) is 0 Å². The van der Waals surface area contributed by atoms with Gasteiger partial charge < -0.3 is 5.73 Å². The van der Waals surface area contributed by atoms with Crippen molar-refractivity contribution in [1.29, 1.82) is 0 Å². The van der Waals surface area contributed by atoms with Gasteiger partial charge >= 0.3 is 0 Å². The molecular formula is C9H20N2O2S. The van der Waals surface area contributed by atoms with Crippen molar-refractivity contribution in [2.45, 2.75) is 37.6 Å². The molecule has 1 aliphatic rings. The number of sulfonamides is 1. The Morgan fingerprint density at radius 1 is 1.29 bits per heavy atom. The normalized spacial score (nSPS) is 22.6. The number of nitrogens with zero attached hydrogens (tertiary/aromatic N) is 1. The Labute approximate surface area is 86.5 Å². The van der Waals surface area contributed by atoms with Gasteiger partial charge in [-0.3, -0.25) is 0 Å². The first kappa shape index (κ1) is 11.9. The topological polar surface area (TPSA) is 63.4 Å². The van der Waals surface area contributed by atoms with Gasteiger partial charge in [0, 0.05) is 19.1 Å². The van der Waals surface area contributed by atoms with Crippen molar-refractivity contribution in [2.24, 2.45) is 5.73 Å². The SMILES string of the molecule is CN(C1(CN)CCCCC1)S(C)(=O)=O. The van der Waals surface area contributed by atoms with E-state index >= 15 is 0 Å². The van der Waals surface area contributed by atoms with Crippen molar-refractivity contribution >= 4 is 10.0 Å². The van der Waals surface area contributed by atoms with E-state index in [1.165, 1.54) is 17.0 Å². The minimum atomic E-state index is -3.12. The molecule has 0 heterocycles. The Kier molecular flexibility index (Phi) is 3.55. The average Bonchev–Trinajstić information content (AvgIpc) is 2.16. The minimum Gasteiger partial charge on any atom is -0.329 e. The van der Waals surface area contributed by atoms with Crippen LogP contribution in [0.5, 0.6) is 0 Å². The number of rotatable bonds is 3. The van der Waals surface area contributed by atoms with Crippen molar-refractivity contribution in [3.8, 4) is 0 Å². The second-order valence-electron chi connectivity index (χ2n) is 4.22. The third-order valence-electron chi connectivity index (χ3n) is 3.33. The first-order valence-electron chi connectivity index (χ1n) is 5.06. The number of nitrogens with two attached hydrogens (primary N) is 1. The zero-order valence-corrected chi connectivity index (χ0v) is 9.81. The van der Waals surface area contributed by atoms with Crippen LogP contribution >= 0.6 is 0 Å². The smallest absolute Gasteiger partial charge is 0.211 e. The fourth-order valence-corrected chi connectivity index (χ4v) is 3.17. The van der Waals surface area contributed by atoms with Crippen molar-refractivity contribution < 1.29 is 8.42 Å². The number of hydrogen-bond acceptors (Lipinski definition) is 3. The summed E-state index contributed by atoms with van der Waals surface area (Å²) in [7, 11) is -1.47. The molecule has 1 rings (SSSR count). The molecule has 0 atom stereocenters. The maximum Gasteiger partial charge on any atom is 0.211 e. The average molecular weight is 220 g/mol. The lowest BCUT2D eigenvalue weighted by Crippen LogP contribution is -2.55. The molecule has 1 saturated carbocycles. The highest BCUT2D eigenvalue weighted by Gasteiger charge is 2.38. The molecule has 0 saturated heterocycles. The van der Waals surface area contributed by atoms with Gasteiger partial charge in [-0.15, -0.1) is 0 Å². The summed E-state index contributed by atoms with van der Waals surface area (Å²) >= 11 is 0. The van der Waals surface area contributed by atoms with E-state index in [1.54, 1.807) is 7.05 Å². The van der Waals surface area contributed by atoms with E-state index in [2.05, 4.69) is 0 Å². The van der Waals surface area contributed by atoms with E-state index in [0.29, 0.717) is 6.54 Å². The molecule has 0 aromatic heterocycles. The van der Waals surface area contributed by atoms with Crippen molar-refractivity contribution in [2.75, 3.05) is 19.8 Å². The highest BCUT2D eigenvalue weighted by atomic mass is 32.2. The summed E-state index contributed by atoms with van der Waals surface area (Å²) in [6, 6.07) is 0. The molecule has 0 aromatic carbocycles. The number of hydrogen-bond donors (Lipinski definition) is 1. The highest BCUT2D eigenvalue weighted by molar-refractivity contribution is 7.88. The van der Waals surface area contributed by atoms with Gasteiger partial charge in [0.15, 0.2) is 0 Å². The Balaban J connectivity index is 2.88. The zero-order valence-electron chi connectivity index (χ0n) is 8.99. The Morgan fingerprint density at radius 2 is 1.79 bits per heavy atom. The monoisotopic (exact) mass is 220 g/mol. The first-order valence-corrected chi connectivity index (χ1v) is 6.91. The third-order valence-corrected chi connectivity index (χ3v) is 4.71. The van der Waals surface area contributed by atoms with Gasteiger partial charge in [-0.1, -0.05) is 19.3 Å². The third kappa shape index (κ3) is 2.27. The van der Waals surface area contributed by atoms with E-state index in [4.69, 9.17) is 5.73 Å². The van der Waals surface area contributed by atoms with Crippen LogP contribution in [0.4, 0.5) is 0 Å². The van der Waals surface area contributed by atoms with Crippen molar-refractivity contribution in [1.82, 2.24) is 4.31 Å². The molecule has 5 heteroatoms. The molecule has 1 fully saturated rings. The predicted octanol–water partition coefficient (Wildman–Crippen LogP) is 0.539. The molecule has 0 radical (unpaired) electrons. The molecule has 0 unspecified atom stereocenters. The summed E-state index contributed by atoms with van der Waals surface area (Å²) in [5.41, 5.74) is 5.42. The van der Waals surface area contributed by atoms with Crippen LogP contribution < -0.4 is 5.73 Å². The van der Waals surface area contributed by atoms with E-state index in [0.717, 1.165) is 25.7 Å². The second kappa shape index (κ2) is 4.16. The Hall–Kier alpha value is -0.130. The first-order chi connectivity index (χ1) is 6.42. The van der Waals surface area contributed by atoms with Gasteiger partial charge in [-0.2, -0.15) is 4.31 Å². The minimum absolute atomic E-state index is 0.314. The molecule has 14 heavy (non-hydrogen) atoms. The fourth-order valence-electron chi connectivity index (χ4n) is 2.21. The molecule has 0 amide bonds. The molecular weight excluding hydrogens is 200 g/mol. The molecule has 0 aromatic rings. The van der Waals surface area contributed by atoms with Crippen LogP contribution in [0.2, 0.25) is 0 Å². The molecule has 0 spiro atoms. The lowest BCUT2D eigenvalue weighted by molar-refractivity contribution is 0.160. The molecule has 2 N–H and O–H groups in total. The van der Waals surface area contributed by atoms with E-state index in [1.807, 2.05) is 0 Å². The molecule has 84 valence electrons. The van der Waals surface area contributed by atoms with E-state index < -0.39 is 10.0 Å². The van der Waals surface area contributed by atoms with Crippen molar-refractivity contribution in [3.05, 3.63) is 0 Å². The summed E-state index contributed by atoms with van der Waals surface area (Å²) in [5.74, 6) is 0. The van der Waals surface area contributed by atoms with Gasteiger partial charge in [0.2, 0.25) is 10.0 Å². The van der Waals surface area contributed by atoms with E-state index in [-0.39, 0.29) is 5.54 Å². The lowest BCUT2D eigenvalue weighted by Gasteiger charge is -2.42. The van der Waals surface area contributed by atoms with Crippen LogP contribution in [0.1, 0.15) is 32.1 Å². The highest BCUT2D eigenvalue weighted by Crippen LogP contribution is 2.33. The largest absolute Gasteiger partial charge is 0.329 e. The van der Waals surface area contributed by atoms with Gasteiger partial charge in [0.05, 0.1) is 6.26 Å². The van der Waals surface area contributed by atoms with Crippen molar-refractivity contribution in [3.63, 3.8) is 0 Å². The van der Waals surface area contributed by atoms with Crippen LogP contribution in [0, 0.1) is 0 Å². The predicted molar refractivity (Wildman–Crippen MR) is 57.5 cm³/mol. The van der Waals surface area contributed by atoms with Gasteiger partial charge in [0.1, 0.15) is 0 Å². The maximum absolute atomic E-state index is 11.5. The van der Waals surface area contributed by atoms with Gasteiger partial charge in [-0.25, -0.2) is 8.42 Å². The summed E-state index contributed by atoms with van der Waals surface area (Å²) in [6.45, 7) is 0.427. The summed E-state index contributed by atoms with van der Waals surface area (Å²) < 4.78 is 24.4. The summed E-state index contributed by atoms with van der Waals surface area (Å²) in [6.07, 6.45) is 6.40. The summed E-state index contributed by atoms with van der Waals surface area (Å²) in [4.78, 5) is 0. The zero-order chi connectivity index (χ0) is 10.8. The Morgan fingerprint density at radius 3 is 2.14 bits per heavy atom. The number of likely N-dealkylation sites (N-methyl/N-ethyl adjacent to an activating group) is 1. The van der Waals surface area contributed by atoms with Crippen LogP contribution in [-0.2, 0) is 10.0 Å². The lowest BCUT2D eigenvalue weighted by atomic mass is 9.82. The Bertz CT molecular complexity index is 281.